The van der Waals surface area contributed by atoms with Crippen LogP contribution in [0.4, 0.5) is 0 Å². The van der Waals surface area contributed by atoms with E-state index in [-0.39, 0.29) is 24.0 Å². The summed E-state index contributed by atoms with van der Waals surface area (Å²) in [6.45, 7) is 2.87. The van der Waals surface area contributed by atoms with Crippen LogP contribution in [0.1, 0.15) is 51.0 Å². The maximum Gasteiger partial charge on any atom is 0.213 e. The zero-order valence-corrected chi connectivity index (χ0v) is 16.0. The molecule has 0 bridgehead atoms. The van der Waals surface area contributed by atoms with E-state index in [1.807, 2.05) is 12.1 Å². The summed E-state index contributed by atoms with van der Waals surface area (Å²) in [7, 11) is 0. The first kappa shape index (κ1) is 18.3. The second kappa shape index (κ2) is 8.70. The Hall–Kier alpha value is -1.05. The second-order valence-corrected chi connectivity index (χ2v) is 6.62. The topological polar surface area (TPSA) is 72.5 Å². The number of halogens is 1. The Morgan fingerprint density at radius 2 is 2.04 bits per heavy atom. The molecule has 2 saturated carbocycles. The predicted octanol–water partition coefficient (Wildman–Crippen LogP) is 3.22. The van der Waals surface area contributed by atoms with Crippen LogP contribution in [0.5, 0.6) is 5.88 Å². The number of hydrogen-bond donors (Lipinski definition) is 2. The summed E-state index contributed by atoms with van der Waals surface area (Å²) in [6, 6.07) is 4.48. The lowest BCUT2D eigenvalue weighted by molar-refractivity contribution is 0.130. The summed E-state index contributed by atoms with van der Waals surface area (Å²) in [5, 5.41) is 3.19. The van der Waals surface area contributed by atoms with Gasteiger partial charge in [0.2, 0.25) is 5.88 Å². The van der Waals surface area contributed by atoms with Gasteiger partial charge in [0.05, 0.1) is 6.54 Å². The fourth-order valence-corrected chi connectivity index (χ4v) is 2.79. The first-order valence-electron chi connectivity index (χ1n) is 8.37. The maximum atomic E-state index is 6.02. The molecule has 1 aromatic rings. The molecule has 0 aromatic carbocycles. The second-order valence-electron chi connectivity index (χ2n) is 6.62. The summed E-state index contributed by atoms with van der Waals surface area (Å²) in [5.41, 5.74) is 6.93. The van der Waals surface area contributed by atoms with Crippen molar-refractivity contribution < 1.29 is 4.74 Å². The quantitative estimate of drug-likeness (QED) is 0.428. The van der Waals surface area contributed by atoms with Crippen molar-refractivity contribution in [2.45, 2.75) is 64.1 Å². The summed E-state index contributed by atoms with van der Waals surface area (Å²) < 4.78 is 6.02. The monoisotopic (exact) mass is 430 g/mol. The minimum atomic E-state index is 0. The van der Waals surface area contributed by atoms with Crippen molar-refractivity contribution in [2.24, 2.45) is 16.6 Å². The van der Waals surface area contributed by atoms with Crippen LogP contribution < -0.4 is 15.8 Å². The third-order valence-electron chi connectivity index (χ3n) is 4.41. The van der Waals surface area contributed by atoms with Gasteiger partial charge >= 0.3 is 0 Å². The highest BCUT2D eigenvalue weighted by Gasteiger charge is 2.21. The van der Waals surface area contributed by atoms with Crippen molar-refractivity contribution in [1.29, 1.82) is 0 Å². The lowest BCUT2D eigenvalue weighted by Crippen LogP contribution is -2.33. The third-order valence-corrected chi connectivity index (χ3v) is 4.41. The van der Waals surface area contributed by atoms with Crippen LogP contribution in [0.2, 0.25) is 0 Å². The van der Waals surface area contributed by atoms with Gasteiger partial charge in [-0.1, -0.05) is 6.92 Å². The molecule has 0 amide bonds. The number of aromatic nitrogens is 1. The fourth-order valence-electron chi connectivity index (χ4n) is 2.79. The number of guanidine groups is 1. The smallest absolute Gasteiger partial charge is 0.213 e. The van der Waals surface area contributed by atoms with Gasteiger partial charge in [-0.15, -0.1) is 24.0 Å². The van der Waals surface area contributed by atoms with E-state index in [0.29, 0.717) is 30.5 Å². The van der Waals surface area contributed by atoms with Crippen LogP contribution in [0.15, 0.2) is 23.3 Å². The minimum Gasteiger partial charge on any atom is -0.474 e. The van der Waals surface area contributed by atoms with Crippen LogP contribution in [0.25, 0.3) is 0 Å². The molecule has 128 valence electrons. The van der Waals surface area contributed by atoms with Gasteiger partial charge in [-0.2, -0.15) is 0 Å². The predicted molar refractivity (Wildman–Crippen MR) is 103 cm³/mol. The van der Waals surface area contributed by atoms with E-state index in [2.05, 4.69) is 22.2 Å². The Bertz CT molecular complexity index is 525. The van der Waals surface area contributed by atoms with Crippen molar-refractivity contribution in [3.63, 3.8) is 0 Å². The van der Waals surface area contributed by atoms with Gasteiger partial charge in [-0.25, -0.2) is 9.98 Å². The number of ether oxygens (including phenoxy) is 1. The van der Waals surface area contributed by atoms with Crippen LogP contribution in [0, 0.1) is 5.92 Å². The number of nitrogens with two attached hydrogens (primary N) is 1. The molecule has 2 fully saturated rings. The molecule has 1 aromatic heterocycles. The fraction of sp³-hybridized carbons (Fsp3) is 0.647. The standard InChI is InChI=1S/C17H26N4O.HI/c1-12-2-6-15(7-3-12)22-16-10-13(8-9-19-16)11-20-17(18)21-14-4-5-14;/h8-10,12,14-15H,2-7,11H2,1H3,(H3,18,20,21);1H. The highest BCUT2D eigenvalue weighted by Crippen LogP contribution is 2.26. The Balaban J connectivity index is 0.00000192. The van der Waals surface area contributed by atoms with Gasteiger partial charge < -0.3 is 15.8 Å². The molecule has 6 heteroatoms. The molecule has 0 spiro atoms. The van der Waals surface area contributed by atoms with E-state index in [4.69, 9.17) is 10.5 Å². The zero-order chi connectivity index (χ0) is 15.4. The van der Waals surface area contributed by atoms with E-state index >= 15 is 0 Å². The van der Waals surface area contributed by atoms with Gasteiger partial charge in [0.1, 0.15) is 6.10 Å². The Labute approximate surface area is 155 Å². The third kappa shape index (κ3) is 6.16. The van der Waals surface area contributed by atoms with Gasteiger partial charge in [-0.3, -0.25) is 0 Å². The highest BCUT2D eigenvalue weighted by molar-refractivity contribution is 14.0. The Morgan fingerprint density at radius 3 is 2.74 bits per heavy atom. The molecule has 3 rings (SSSR count). The molecule has 2 aliphatic rings. The van der Waals surface area contributed by atoms with E-state index in [1.165, 1.54) is 25.7 Å². The summed E-state index contributed by atoms with van der Waals surface area (Å²) in [6.07, 6.45) is 9.25. The van der Waals surface area contributed by atoms with E-state index in [1.54, 1.807) is 6.20 Å². The average molecular weight is 430 g/mol. The summed E-state index contributed by atoms with van der Waals surface area (Å²) in [4.78, 5) is 8.69. The molecule has 0 unspecified atom stereocenters. The zero-order valence-electron chi connectivity index (χ0n) is 13.7. The first-order chi connectivity index (χ1) is 10.7. The van der Waals surface area contributed by atoms with Crippen LogP contribution in [-0.2, 0) is 6.54 Å². The summed E-state index contributed by atoms with van der Waals surface area (Å²) >= 11 is 0. The lowest BCUT2D eigenvalue weighted by Gasteiger charge is -2.26. The molecule has 3 N–H and O–H groups in total. The van der Waals surface area contributed by atoms with Crippen molar-refractivity contribution in [3.8, 4) is 5.88 Å². The van der Waals surface area contributed by atoms with Crippen LogP contribution >= 0.6 is 24.0 Å². The van der Waals surface area contributed by atoms with Crippen molar-refractivity contribution >= 4 is 29.9 Å². The largest absolute Gasteiger partial charge is 0.474 e. The van der Waals surface area contributed by atoms with Gasteiger partial charge in [-0.05, 0) is 56.1 Å². The van der Waals surface area contributed by atoms with Crippen molar-refractivity contribution in [1.82, 2.24) is 10.3 Å². The molecule has 0 saturated heterocycles. The average Bonchev–Trinajstić information content (AvgIpc) is 3.32. The number of pyridine rings is 1. The molecule has 1 heterocycles. The number of rotatable bonds is 5. The van der Waals surface area contributed by atoms with Crippen LogP contribution in [0.3, 0.4) is 0 Å². The Morgan fingerprint density at radius 1 is 1.30 bits per heavy atom. The number of nitrogens with zero attached hydrogens (tertiary/aromatic N) is 2. The van der Waals surface area contributed by atoms with Crippen molar-refractivity contribution in [3.05, 3.63) is 23.9 Å². The van der Waals surface area contributed by atoms with E-state index < -0.39 is 0 Å². The molecule has 0 radical (unpaired) electrons. The molecular weight excluding hydrogens is 403 g/mol. The number of aliphatic imine (C=N–C) groups is 1. The van der Waals surface area contributed by atoms with E-state index in [9.17, 15) is 0 Å². The van der Waals surface area contributed by atoms with E-state index in [0.717, 1.165) is 24.3 Å². The Kier molecular flexibility index (Phi) is 6.92. The SMILES string of the molecule is CC1CCC(Oc2cc(CN=C(N)NC3CC3)ccn2)CC1.I. The normalized spacial score (nSPS) is 24.7. The van der Waals surface area contributed by atoms with Gasteiger partial charge in [0.15, 0.2) is 5.96 Å². The van der Waals surface area contributed by atoms with Gasteiger partial charge in [0.25, 0.3) is 0 Å². The maximum absolute atomic E-state index is 6.02. The first-order valence-corrected chi connectivity index (χ1v) is 8.37. The highest BCUT2D eigenvalue weighted by atomic mass is 127. The molecule has 0 aliphatic heterocycles. The van der Waals surface area contributed by atoms with Gasteiger partial charge in [0, 0.05) is 18.3 Å². The number of hydrogen-bond acceptors (Lipinski definition) is 3. The van der Waals surface area contributed by atoms with Crippen molar-refractivity contribution in [2.75, 3.05) is 0 Å². The lowest BCUT2D eigenvalue weighted by atomic mass is 9.89. The molecule has 23 heavy (non-hydrogen) atoms. The molecule has 2 aliphatic carbocycles. The summed E-state index contributed by atoms with van der Waals surface area (Å²) in [5.74, 6) is 2.07. The van der Waals surface area contributed by atoms with Crippen LogP contribution in [-0.4, -0.2) is 23.1 Å². The molecular formula is C17H27IN4O. The number of nitrogens with one attached hydrogen (secondary N) is 1. The molecule has 0 atom stereocenters. The molecule has 5 nitrogen and oxygen atoms in total. The minimum absolute atomic E-state index is 0.